The lowest BCUT2D eigenvalue weighted by Crippen LogP contribution is -2.27. The number of rotatable bonds is 5. The van der Waals surface area contributed by atoms with Crippen molar-refractivity contribution in [1.29, 1.82) is 0 Å². The van der Waals surface area contributed by atoms with Gasteiger partial charge < -0.3 is 14.6 Å². The highest BCUT2D eigenvalue weighted by atomic mass is 16.5. The third kappa shape index (κ3) is 2.94. The average molecular weight is 210 g/mol. The molecule has 3 nitrogen and oxygen atoms in total. The van der Waals surface area contributed by atoms with Crippen molar-refractivity contribution in [3.63, 3.8) is 0 Å². The molecular weight excluding hydrogens is 192 g/mol. The minimum absolute atomic E-state index is 0.247. The first-order chi connectivity index (χ1) is 7.11. The maximum Gasteiger partial charge on any atom is 0.125 e. The van der Waals surface area contributed by atoms with E-state index in [9.17, 15) is 5.11 Å². The Morgan fingerprint density at radius 3 is 2.60 bits per heavy atom. The third-order valence-electron chi connectivity index (χ3n) is 2.19. The monoisotopic (exact) mass is 210 g/mol. The van der Waals surface area contributed by atoms with Crippen molar-refractivity contribution in [2.24, 2.45) is 0 Å². The number of benzene rings is 1. The number of aliphatic hydroxyl groups is 1. The molecule has 0 aliphatic rings. The Labute approximate surface area is 90.6 Å². The van der Waals surface area contributed by atoms with Crippen LogP contribution in [0.3, 0.4) is 0 Å². The Morgan fingerprint density at radius 1 is 1.33 bits per heavy atom. The van der Waals surface area contributed by atoms with Crippen molar-refractivity contribution in [3.05, 3.63) is 29.8 Å². The maximum atomic E-state index is 10.2. The molecule has 0 radical (unpaired) electrons. The lowest BCUT2D eigenvalue weighted by atomic mass is 9.96. The maximum absolute atomic E-state index is 10.2. The fourth-order valence-electron chi connectivity index (χ4n) is 1.55. The Hall–Kier alpha value is -1.06. The Balaban J connectivity index is 3.00. The summed E-state index contributed by atoms with van der Waals surface area (Å²) < 4.78 is 10.4. The zero-order valence-corrected chi connectivity index (χ0v) is 9.49. The summed E-state index contributed by atoms with van der Waals surface area (Å²) in [5, 5.41) is 10.2. The van der Waals surface area contributed by atoms with E-state index in [1.165, 1.54) is 0 Å². The first kappa shape index (κ1) is 12.0. The fraction of sp³-hybridized carbons (Fsp3) is 0.500. The van der Waals surface area contributed by atoms with Gasteiger partial charge in [-0.25, -0.2) is 0 Å². The average Bonchev–Trinajstić information content (AvgIpc) is 2.19. The van der Waals surface area contributed by atoms with Crippen molar-refractivity contribution in [2.45, 2.75) is 19.4 Å². The van der Waals surface area contributed by atoms with Crippen molar-refractivity contribution < 1.29 is 14.6 Å². The predicted octanol–water partition coefficient (Wildman–Crippen LogP) is 1.94. The van der Waals surface area contributed by atoms with E-state index >= 15 is 0 Å². The summed E-state index contributed by atoms with van der Waals surface area (Å²) in [5.41, 5.74) is -0.255. The summed E-state index contributed by atoms with van der Waals surface area (Å²) in [6, 6.07) is 7.46. The van der Waals surface area contributed by atoms with Crippen LogP contribution in [0.25, 0.3) is 0 Å². The first-order valence-corrected chi connectivity index (χ1v) is 5.05. The summed E-state index contributed by atoms with van der Waals surface area (Å²) in [6.07, 6.45) is 0. The molecule has 1 rings (SSSR count). The van der Waals surface area contributed by atoms with Gasteiger partial charge in [0.2, 0.25) is 0 Å². The van der Waals surface area contributed by atoms with Gasteiger partial charge in [0, 0.05) is 12.7 Å². The molecule has 0 saturated heterocycles. The molecule has 0 spiro atoms. The molecule has 0 heterocycles. The molecule has 0 aliphatic carbocycles. The van der Waals surface area contributed by atoms with Crippen LogP contribution in [0.4, 0.5) is 0 Å². The molecule has 1 N–H and O–H groups in total. The number of ether oxygens (including phenoxy) is 2. The van der Waals surface area contributed by atoms with E-state index in [1.807, 2.05) is 31.2 Å². The molecule has 0 fully saturated rings. The normalized spacial score (nSPS) is 14.7. The molecule has 0 saturated carbocycles. The second kappa shape index (κ2) is 5.14. The number of methoxy groups -OCH3 is 1. The van der Waals surface area contributed by atoms with Gasteiger partial charge in [0.05, 0.1) is 13.2 Å². The number of hydrogen-bond donors (Lipinski definition) is 1. The lowest BCUT2D eigenvalue weighted by Gasteiger charge is -2.25. The summed E-state index contributed by atoms with van der Waals surface area (Å²) in [7, 11) is 1.57. The summed E-state index contributed by atoms with van der Waals surface area (Å²) >= 11 is 0. The van der Waals surface area contributed by atoms with Crippen molar-refractivity contribution in [1.82, 2.24) is 0 Å². The minimum atomic E-state index is -1.01. The lowest BCUT2D eigenvalue weighted by molar-refractivity contribution is -0.0225. The van der Waals surface area contributed by atoms with Gasteiger partial charge in [-0.15, -0.1) is 0 Å². The standard InChI is InChI=1S/C12H18O3/c1-4-15-11-8-6-5-7-10(11)12(2,13)9-14-3/h5-8,13H,4,9H2,1-3H3. The van der Waals surface area contributed by atoms with E-state index in [-0.39, 0.29) is 6.61 Å². The molecule has 1 aromatic carbocycles. The molecule has 15 heavy (non-hydrogen) atoms. The number of para-hydroxylation sites is 1. The van der Waals surface area contributed by atoms with Crippen molar-refractivity contribution in [3.8, 4) is 5.75 Å². The Bertz CT molecular complexity index is 307. The molecule has 3 heteroatoms. The minimum Gasteiger partial charge on any atom is -0.493 e. The Morgan fingerprint density at radius 2 is 2.00 bits per heavy atom. The molecule has 84 valence electrons. The second-order valence-electron chi connectivity index (χ2n) is 3.64. The van der Waals surface area contributed by atoms with Crippen LogP contribution in [-0.2, 0) is 10.3 Å². The van der Waals surface area contributed by atoms with Gasteiger partial charge in [-0.1, -0.05) is 18.2 Å². The van der Waals surface area contributed by atoms with Crippen LogP contribution in [0.2, 0.25) is 0 Å². The Kier molecular flexibility index (Phi) is 4.12. The fourth-order valence-corrected chi connectivity index (χ4v) is 1.55. The van der Waals surface area contributed by atoms with Crippen LogP contribution in [-0.4, -0.2) is 25.4 Å². The smallest absolute Gasteiger partial charge is 0.125 e. The van der Waals surface area contributed by atoms with E-state index in [2.05, 4.69) is 0 Å². The van der Waals surface area contributed by atoms with Gasteiger partial charge in [-0.3, -0.25) is 0 Å². The molecule has 0 bridgehead atoms. The van der Waals surface area contributed by atoms with Crippen molar-refractivity contribution in [2.75, 3.05) is 20.3 Å². The molecule has 0 aliphatic heterocycles. The molecule has 1 aromatic rings. The van der Waals surface area contributed by atoms with E-state index in [0.717, 1.165) is 5.56 Å². The first-order valence-electron chi connectivity index (χ1n) is 5.05. The van der Waals surface area contributed by atoms with Gasteiger partial charge in [0.25, 0.3) is 0 Å². The summed E-state index contributed by atoms with van der Waals surface area (Å²) in [6.45, 7) is 4.47. The van der Waals surface area contributed by atoms with E-state index < -0.39 is 5.60 Å². The highest BCUT2D eigenvalue weighted by molar-refractivity contribution is 5.37. The van der Waals surface area contributed by atoms with Gasteiger partial charge in [0.15, 0.2) is 0 Å². The molecule has 1 unspecified atom stereocenters. The van der Waals surface area contributed by atoms with Crippen molar-refractivity contribution >= 4 is 0 Å². The van der Waals surface area contributed by atoms with Gasteiger partial charge >= 0.3 is 0 Å². The van der Waals surface area contributed by atoms with Crippen LogP contribution >= 0.6 is 0 Å². The molecule has 1 atom stereocenters. The van der Waals surface area contributed by atoms with E-state index in [1.54, 1.807) is 14.0 Å². The van der Waals surface area contributed by atoms with E-state index in [0.29, 0.717) is 12.4 Å². The quantitative estimate of drug-likeness (QED) is 0.807. The summed E-state index contributed by atoms with van der Waals surface area (Å²) in [5.74, 6) is 0.710. The third-order valence-corrected chi connectivity index (χ3v) is 2.19. The predicted molar refractivity (Wildman–Crippen MR) is 59.1 cm³/mol. The highest BCUT2D eigenvalue weighted by Gasteiger charge is 2.26. The zero-order valence-electron chi connectivity index (χ0n) is 9.49. The van der Waals surface area contributed by atoms with Crippen LogP contribution in [0.15, 0.2) is 24.3 Å². The SMILES string of the molecule is CCOc1ccccc1C(C)(O)COC. The molecule has 0 aromatic heterocycles. The molecule has 0 amide bonds. The number of hydrogen-bond acceptors (Lipinski definition) is 3. The van der Waals surface area contributed by atoms with Crippen LogP contribution in [0, 0.1) is 0 Å². The topological polar surface area (TPSA) is 38.7 Å². The molecular formula is C12H18O3. The van der Waals surface area contributed by atoms with Gasteiger partial charge in [0.1, 0.15) is 11.4 Å². The highest BCUT2D eigenvalue weighted by Crippen LogP contribution is 2.29. The van der Waals surface area contributed by atoms with Crippen LogP contribution < -0.4 is 4.74 Å². The largest absolute Gasteiger partial charge is 0.493 e. The van der Waals surface area contributed by atoms with E-state index in [4.69, 9.17) is 9.47 Å². The zero-order chi connectivity index (χ0) is 11.3. The van der Waals surface area contributed by atoms with Crippen LogP contribution in [0.1, 0.15) is 19.4 Å². The second-order valence-corrected chi connectivity index (χ2v) is 3.64. The van der Waals surface area contributed by atoms with Gasteiger partial charge in [-0.2, -0.15) is 0 Å². The summed E-state index contributed by atoms with van der Waals surface area (Å²) in [4.78, 5) is 0. The van der Waals surface area contributed by atoms with Gasteiger partial charge in [-0.05, 0) is 19.9 Å². The van der Waals surface area contributed by atoms with Crippen LogP contribution in [0.5, 0.6) is 5.75 Å².